The van der Waals surface area contributed by atoms with Crippen LogP contribution in [0.3, 0.4) is 0 Å². The highest BCUT2D eigenvalue weighted by molar-refractivity contribution is 9.10. The lowest BCUT2D eigenvalue weighted by Gasteiger charge is -2.08. The topological polar surface area (TPSA) is 26.0 Å². The van der Waals surface area contributed by atoms with E-state index < -0.39 is 11.7 Å². The van der Waals surface area contributed by atoms with Gasteiger partial charge in [0, 0.05) is 16.1 Å². The van der Waals surface area contributed by atoms with Crippen LogP contribution in [-0.2, 0) is 12.1 Å². The van der Waals surface area contributed by atoms with Gasteiger partial charge in [-0.25, -0.2) is 0 Å². The maximum absolute atomic E-state index is 12.5. The van der Waals surface area contributed by atoms with Crippen LogP contribution < -0.4 is 0 Å². The van der Waals surface area contributed by atoms with Gasteiger partial charge >= 0.3 is 6.18 Å². The highest BCUT2D eigenvalue weighted by Gasteiger charge is 2.31. The molecule has 1 aromatic carbocycles. The molecule has 0 amide bonds. The molecule has 0 saturated heterocycles. The minimum absolute atomic E-state index is 0.158. The van der Waals surface area contributed by atoms with Crippen molar-refractivity contribution in [3.63, 3.8) is 0 Å². The van der Waals surface area contributed by atoms with E-state index in [4.69, 9.17) is 16.1 Å². The van der Waals surface area contributed by atoms with Crippen molar-refractivity contribution in [1.29, 1.82) is 0 Å². The quantitative estimate of drug-likeness (QED) is 0.730. The molecule has 0 aliphatic rings. The van der Waals surface area contributed by atoms with Gasteiger partial charge < -0.3 is 4.52 Å². The van der Waals surface area contributed by atoms with Crippen LogP contribution in [0.25, 0.3) is 11.3 Å². The van der Waals surface area contributed by atoms with Gasteiger partial charge in [0.05, 0.1) is 11.4 Å². The molecule has 2 aromatic rings. The zero-order valence-electron chi connectivity index (χ0n) is 8.76. The Morgan fingerprint density at radius 2 is 2.00 bits per heavy atom. The minimum Gasteiger partial charge on any atom is -0.359 e. The second-order valence-electron chi connectivity index (χ2n) is 3.50. The molecule has 0 aliphatic heterocycles. The lowest BCUT2D eigenvalue weighted by Crippen LogP contribution is -2.04. The van der Waals surface area contributed by atoms with Crippen molar-refractivity contribution in [1.82, 2.24) is 5.16 Å². The van der Waals surface area contributed by atoms with Gasteiger partial charge in [0.15, 0.2) is 5.76 Å². The number of benzene rings is 1. The Balaban J connectivity index is 2.41. The van der Waals surface area contributed by atoms with E-state index in [1.54, 1.807) is 6.07 Å². The molecule has 7 heteroatoms. The highest BCUT2D eigenvalue weighted by atomic mass is 79.9. The summed E-state index contributed by atoms with van der Waals surface area (Å²) in [4.78, 5) is 0. The fraction of sp³-hybridized carbons (Fsp3) is 0.182. The molecule has 18 heavy (non-hydrogen) atoms. The average Bonchev–Trinajstić information content (AvgIpc) is 2.76. The molecule has 96 valence electrons. The number of hydrogen-bond donors (Lipinski definition) is 0. The second-order valence-corrected chi connectivity index (χ2v) is 4.63. The molecule has 0 saturated carbocycles. The Hall–Kier alpha value is -1.01. The second kappa shape index (κ2) is 4.93. The number of hydrogen-bond acceptors (Lipinski definition) is 2. The molecule has 0 radical (unpaired) electrons. The van der Waals surface area contributed by atoms with Gasteiger partial charge in [-0.1, -0.05) is 27.2 Å². The molecule has 1 heterocycles. The summed E-state index contributed by atoms with van der Waals surface area (Å²) in [6, 6.07) is 4.92. The van der Waals surface area contributed by atoms with Crippen LogP contribution >= 0.6 is 27.5 Å². The van der Waals surface area contributed by atoms with Crippen LogP contribution in [0.1, 0.15) is 11.3 Å². The van der Waals surface area contributed by atoms with Gasteiger partial charge in [0.2, 0.25) is 0 Å². The van der Waals surface area contributed by atoms with Crippen molar-refractivity contribution in [2.75, 3.05) is 0 Å². The van der Waals surface area contributed by atoms with Crippen molar-refractivity contribution in [2.45, 2.75) is 12.1 Å². The van der Waals surface area contributed by atoms with E-state index in [2.05, 4.69) is 21.1 Å². The fourth-order valence-electron chi connectivity index (χ4n) is 1.40. The molecule has 0 atom stereocenters. The van der Waals surface area contributed by atoms with Crippen molar-refractivity contribution < 1.29 is 17.7 Å². The zero-order chi connectivity index (χ0) is 13.3. The Morgan fingerprint density at radius 3 is 2.50 bits per heavy atom. The Kier molecular flexibility index (Phi) is 3.68. The lowest BCUT2D eigenvalue weighted by molar-refractivity contribution is -0.137. The molecule has 2 nitrogen and oxygen atoms in total. The third kappa shape index (κ3) is 2.70. The van der Waals surface area contributed by atoms with Crippen LogP contribution in [0.15, 0.2) is 33.3 Å². The third-order valence-electron chi connectivity index (χ3n) is 2.26. The molecule has 0 fully saturated rings. The number of alkyl halides is 4. The molecule has 0 unspecified atom stereocenters. The van der Waals surface area contributed by atoms with Crippen molar-refractivity contribution >= 4 is 27.5 Å². The number of rotatable bonds is 2. The summed E-state index contributed by atoms with van der Waals surface area (Å²) in [7, 11) is 0. The molecular formula is C11H6BrClF3NO. The predicted octanol–water partition coefficient (Wildman–Crippen LogP) is 4.86. The van der Waals surface area contributed by atoms with Crippen LogP contribution in [-0.4, -0.2) is 5.16 Å². The third-order valence-corrected chi connectivity index (χ3v) is 3.18. The van der Waals surface area contributed by atoms with E-state index in [1.165, 1.54) is 6.07 Å². The number of nitrogens with zero attached hydrogens (tertiary/aromatic N) is 1. The first kappa shape index (κ1) is 13.4. The maximum atomic E-state index is 12.5. The van der Waals surface area contributed by atoms with Crippen LogP contribution in [0.5, 0.6) is 0 Å². The van der Waals surface area contributed by atoms with Crippen molar-refractivity contribution in [3.05, 3.63) is 40.1 Å². The average molecular weight is 341 g/mol. The van der Waals surface area contributed by atoms with Crippen LogP contribution in [0, 0.1) is 0 Å². The summed E-state index contributed by atoms with van der Waals surface area (Å²) in [5.41, 5.74) is 0.230. The minimum atomic E-state index is -4.37. The van der Waals surface area contributed by atoms with Crippen molar-refractivity contribution in [3.8, 4) is 11.3 Å². The molecule has 0 aliphatic carbocycles. The van der Waals surface area contributed by atoms with Gasteiger partial charge in [-0.2, -0.15) is 13.2 Å². The Labute approximate surface area is 114 Å². The summed E-state index contributed by atoms with van der Waals surface area (Å²) in [6.45, 7) is 0. The standard InChI is InChI=1S/C11H6BrClF3NO/c12-9-3-6(11(14,15)16)1-2-8(9)10-4-7(5-13)18-17-10/h1-4H,5H2. The van der Waals surface area contributed by atoms with Crippen LogP contribution in [0.4, 0.5) is 13.2 Å². The first-order valence-corrected chi connectivity index (χ1v) is 6.13. The van der Waals surface area contributed by atoms with Gasteiger partial charge in [-0.05, 0) is 12.1 Å². The first-order chi connectivity index (χ1) is 8.41. The van der Waals surface area contributed by atoms with E-state index in [-0.39, 0.29) is 5.88 Å². The number of halogens is 5. The summed E-state index contributed by atoms with van der Waals surface area (Å²) in [6.07, 6.45) is -4.37. The molecule has 0 bridgehead atoms. The SMILES string of the molecule is FC(F)(F)c1ccc(-c2cc(CCl)on2)c(Br)c1. The zero-order valence-corrected chi connectivity index (χ0v) is 11.1. The maximum Gasteiger partial charge on any atom is 0.416 e. The Morgan fingerprint density at radius 1 is 1.28 bits per heavy atom. The monoisotopic (exact) mass is 339 g/mol. The van der Waals surface area contributed by atoms with Gasteiger partial charge in [-0.15, -0.1) is 11.6 Å². The predicted molar refractivity (Wildman–Crippen MR) is 64.2 cm³/mol. The smallest absolute Gasteiger partial charge is 0.359 e. The fourth-order valence-corrected chi connectivity index (χ4v) is 2.11. The lowest BCUT2D eigenvalue weighted by atomic mass is 10.1. The largest absolute Gasteiger partial charge is 0.416 e. The first-order valence-electron chi connectivity index (χ1n) is 4.80. The summed E-state index contributed by atoms with van der Waals surface area (Å²) < 4.78 is 42.7. The molecular weight excluding hydrogens is 334 g/mol. The molecule has 2 rings (SSSR count). The van der Waals surface area contributed by atoms with E-state index in [1.807, 2.05) is 0 Å². The van der Waals surface area contributed by atoms with E-state index in [9.17, 15) is 13.2 Å². The summed E-state index contributed by atoms with van der Waals surface area (Å²) in [5.74, 6) is 0.615. The Bertz CT molecular complexity index is 568. The van der Waals surface area contributed by atoms with E-state index >= 15 is 0 Å². The molecule has 0 spiro atoms. The van der Waals surface area contributed by atoms with E-state index in [0.717, 1.165) is 12.1 Å². The van der Waals surface area contributed by atoms with Gasteiger partial charge in [0.1, 0.15) is 5.69 Å². The van der Waals surface area contributed by atoms with Crippen LogP contribution in [0.2, 0.25) is 0 Å². The van der Waals surface area contributed by atoms with E-state index in [0.29, 0.717) is 21.5 Å². The van der Waals surface area contributed by atoms with Gasteiger partial charge in [-0.3, -0.25) is 0 Å². The number of aromatic nitrogens is 1. The highest BCUT2D eigenvalue weighted by Crippen LogP contribution is 2.35. The van der Waals surface area contributed by atoms with Crippen molar-refractivity contribution in [2.24, 2.45) is 0 Å². The summed E-state index contributed by atoms with van der Waals surface area (Å²) >= 11 is 8.65. The summed E-state index contributed by atoms with van der Waals surface area (Å²) in [5, 5.41) is 3.74. The normalized spacial score (nSPS) is 11.8. The molecule has 1 aromatic heterocycles. The molecule has 0 N–H and O–H groups in total. The van der Waals surface area contributed by atoms with Gasteiger partial charge in [0.25, 0.3) is 0 Å².